The van der Waals surface area contributed by atoms with Gasteiger partial charge >= 0.3 is 0 Å². The third-order valence-corrected chi connectivity index (χ3v) is 6.96. The Morgan fingerprint density at radius 3 is 2.45 bits per heavy atom. The third-order valence-electron chi connectivity index (χ3n) is 5.43. The standard InChI is InChI=1S/C25H31N3O4S/c1-3-32-23-13-7-4-9-19(23)17-27-25(29)22(12-8-16-26)28-33(30,31)24-15-14-18(2)20-10-5-6-11-21(20)24/h4-7,9-11,13-15,22,28H,3,8,12,16-17,26H2,1-2H3,(H,27,29)/t22-/m0/s1. The average molecular weight is 470 g/mol. The maximum atomic E-state index is 13.3. The zero-order chi connectivity index (χ0) is 23.8. The van der Waals surface area contributed by atoms with Crippen molar-refractivity contribution in [1.29, 1.82) is 0 Å². The predicted molar refractivity (Wildman–Crippen MR) is 131 cm³/mol. The molecular formula is C25H31N3O4S. The van der Waals surface area contributed by atoms with Crippen LogP contribution in [0.4, 0.5) is 0 Å². The molecule has 0 aliphatic carbocycles. The molecule has 0 heterocycles. The summed E-state index contributed by atoms with van der Waals surface area (Å²) in [6, 6.07) is 17.2. The molecule has 0 radical (unpaired) electrons. The number of nitrogens with two attached hydrogens (primary N) is 1. The van der Waals surface area contributed by atoms with Crippen LogP contribution in [0.25, 0.3) is 10.8 Å². The number of amides is 1. The number of aryl methyl sites for hydroxylation is 1. The monoisotopic (exact) mass is 469 g/mol. The molecule has 1 amide bonds. The maximum Gasteiger partial charge on any atom is 0.241 e. The highest BCUT2D eigenvalue weighted by Crippen LogP contribution is 2.26. The van der Waals surface area contributed by atoms with Crippen LogP contribution in [-0.2, 0) is 21.4 Å². The summed E-state index contributed by atoms with van der Waals surface area (Å²) in [6.07, 6.45) is 0.795. The van der Waals surface area contributed by atoms with E-state index in [1.807, 2.05) is 50.2 Å². The zero-order valence-corrected chi connectivity index (χ0v) is 19.8. The van der Waals surface area contributed by atoms with Gasteiger partial charge in [-0.05, 0) is 56.3 Å². The summed E-state index contributed by atoms with van der Waals surface area (Å²) in [5, 5.41) is 4.32. The second kappa shape index (κ2) is 11.3. The van der Waals surface area contributed by atoms with Gasteiger partial charge < -0.3 is 15.8 Å². The summed E-state index contributed by atoms with van der Waals surface area (Å²) in [5.74, 6) is 0.278. The van der Waals surface area contributed by atoms with Gasteiger partial charge in [-0.25, -0.2) is 8.42 Å². The van der Waals surface area contributed by atoms with Crippen LogP contribution in [0.1, 0.15) is 30.9 Å². The summed E-state index contributed by atoms with van der Waals surface area (Å²) in [5.41, 5.74) is 7.43. The summed E-state index contributed by atoms with van der Waals surface area (Å²) in [6.45, 7) is 4.91. The van der Waals surface area contributed by atoms with Crippen molar-refractivity contribution in [3.8, 4) is 5.75 Å². The summed E-state index contributed by atoms with van der Waals surface area (Å²) >= 11 is 0. The number of hydrogen-bond donors (Lipinski definition) is 3. The largest absolute Gasteiger partial charge is 0.494 e. The lowest BCUT2D eigenvalue weighted by Crippen LogP contribution is -2.46. The molecule has 0 bridgehead atoms. The molecule has 0 aliphatic heterocycles. The van der Waals surface area contributed by atoms with E-state index in [2.05, 4.69) is 10.0 Å². The van der Waals surface area contributed by atoms with E-state index in [0.717, 1.165) is 16.5 Å². The number of nitrogens with one attached hydrogen (secondary N) is 2. The second-order valence-electron chi connectivity index (χ2n) is 7.79. The van der Waals surface area contributed by atoms with Crippen LogP contribution < -0.4 is 20.5 Å². The SMILES string of the molecule is CCOc1ccccc1CNC(=O)[C@H](CCCN)NS(=O)(=O)c1ccc(C)c2ccccc12. The molecule has 0 spiro atoms. The van der Waals surface area contributed by atoms with Crippen molar-refractivity contribution in [2.24, 2.45) is 5.73 Å². The van der Waals surface area contributed by atoms with Gasteiger partial charge in [0.05, 0.1) is 11.5 Å². The van der Waals surface area contributed by atoms with Crippen LogP contribution >= 0.6 is 0 Å². The van der Waals surface area contributed by atoms with E-state index in [1.165, 1.54) is 0 Å². The molecule has 176 valence electrons. The number of carbonyl (C=O) groups excluding carboxylic acids is 1. The average Bonchev–Trinajstić information content (AvgIpc) is 2.81. The first-order valence-electron chi connectivity index (χ1n) is 11.1. The van der Waals surface area contributed by atoms with E-state index >= 15 is 0 Å². The number of ether oxygens (including phenoxy) is 1. The van der Waals surface area contributed by atoms with E-state index in [0.29, 0.717) is 37.1 Å². The summed E-state index contributed by atoms with van der Waals surface area (Å²) in [4.78, 5) is 13.1. The molecule has 0 saturated heterocycles. The number of rotatable bonds is 11. The van der Waals surface area contributed by atoms with Crippen LogP contribution in [0.3, 0.4) is 0 Å². The van der Waals surface area contributed by atoms with Crippen LogP contribution in [0.5, 0.6) is 5.75 Å². The van der Waals surface area contributed by atoms with Gasteiger partial charge in [0, 0.05) is 17.5 Å². The normalized spacial score (nSPS) is 12.5. The smallest absolute Gasteiger partial charge is 0.241 e. The van der Waals surface area contributed by atoms with Gasteiger partial charge in [0.15, 0.2) is 0 Å². The van der Waals surface area contributed by atoms with Gasteiger partial charge in [-0.15, -0.1) is 0 Å². The van der Waals surface area contributed by atoms with Crippen molar-refractivity contribution >= 4 is 26.7 Å². The van der Waals surface area contributed by atoms with E-state index in [9.17, 15) is 13.2 Å². The molecule has 3 aromatic carbocycles. The van der Waals surface area contributed by atoms with E-state index in [1.54, 1.807) is 24.3 Å². The fraction of sp³-hybridized carbons (Fsp3) is 0.320. The molecule has 3 aromatic rings. The van der Waals surface area contributed by atoms with Gasteiger partial charge in [-0.3, -0.25) is 4.79 Å². The first kappa shape index (κ1) is 24.7. The Morgan fingerprint density at radius 2 is 1.73 bits per heavy atom. The number of para-hydroxylation sites is 1. The van der Waals surface area contributed by atoms with Gasteiger partial charge in [-0.1, -0.05) is 48.5 Å². The van der Waals surface area contributed by atoms with Crippen LogP contribution in [0, 0.1) is 6.92 Å². The molecule has 0 fully saturated rings. The van der Waals surface area contributed by atoms with E-state index in [-0.39, 0.29) is 11.4 Å². The second-order valence-corrected chi connectivity index (χ2v) is 9.47. The van der Waals surface area contributed by atoms with Crippen LogP contribution in [0.2, 0.25) is 0 Å². The lowest BCUT2D eigenvalue weighted by molar-refractivity contribution is -0.123. The maximum absolute atomic E-state index is 13.3. The Balaban J connectivity index is 1.82. The van der Waals surface area contributed by atoms with Crippen LogP contribution in [0.15, 0.2) is 65.6 Å². The highest BCUT2D eigenvalue weighted by atomic mass is 32.2. The molecule has 33 heavy (non-hydrogen) atoms. The Morgan fingerprint density at radius 1 is 1.03 bits per heavy atom. The minimum atomic E-state index is -3.95. The number of sulfonamides is 1. The van der Waals surface area contributed by atoms with Crippen molar-refractivity contribution in [3.63, 3.8) is 0 Å². The lowest BCUT2D eigenvalue weighted by Gasteiger charge is -2.20. The molecule has 7 nitrogen and oxygen atoms in total. The highest BCUT2D eigenvalue weighted by Gasteiger charge is 2.27. The minimum absolute atomic E-state index is 0.149. The van der Waals surface area contributed by atoms with Crippen molar-refractivity contribution in [3.05, 3.63) is 71.8 Å². The first-order chi connectivity index (χ1) is 15.9. The quantitative estimate of drug-likeness (QED) is 0.399. The fourth-order valence-electron chi connectivity index (χ4n) is 3.72. The topological polar surface area (TPSA) is 111 Å². The first-order valence-corrected chi connectivity index (χ1v) is 12.5. The number of fused-ring (bicyclic) bond motifs is 1. The van der Waals surface area contributed by atoms with Crippen molar-refractivity contribution in [2.75, 3.05) is 13.2 Å². The Bertz CT molecular complexity index is 1210. The van der Waals surface area contributed by atoms with Gasteiger partial charge in [-0.2, -0.15) is 4.72 Å². The molecule has 0 unspecified atom stereocenters. The fourth-order valence-corrected chi connectivity index (χ4v) is 5.17. The molecule has 8 heteroatoms. The molecular weight excluding hydrogens is 438 g/mol. The van der Waals surface area contributed by atoms with E-state index < -0.39 is 22.0 Å². The highest BCUT2D eigenvalue weighted by molar-refractivity contribution is 7.89. The van der Waals surface area contributed by atoms with Crippen molar-refractivity contribution < 1.29 is 17.9 Å². The van der Waals surface area contributed by atoms with E-state index in [4.69, 9.17) is 10.5 Å². The number of carbonyl (C=O) groups is 1. The minimum Gasteiger partial charge on any atom is -0.494 e. The third kappa shape index (κ3) is 6.10. The molecule has 4 N–H and O–H groups in total. The number of hydrogen-bond acceptors (Lipinski definition) is 5. The Hall–Kier alpha value is -2.94. The van der Waals surface area contributed by atoms with Crippen molar-refractivity contribution in [2.45, 2.75) is 44.2 Å². The summed E-state index contributed by atoms with van der Waals surface area (Å²) < 4.78 is 34.8. The molecule has 0 saturated carbocycles. The van der Waals surface area contributed by atoms with Gasteiger partial charge in [0.25, 0.3) is 0 Å². The Labute approximate surface area is 195 Å². The predicted octanol–water partition coefficient (Wildman–Crippen LogP) is 3.25. The lowest BCUT2D eigenvalue weighted by atomic mass is 10.1. The Kier molecular flexibility index (Phi) is 8.43. The van der Waals surface area contributed by atoms with Gasteiger partial charge in [0.1, 0.15) is 11.8 Å². The van der Waals surface area contributed by atoms with Crippen LogP contribution in [-0.4, -0.2) is 33.5 Å². The molecule has 0 aromatic heterocycles. The number of benzene rings is 3. The zero-order valence-electron chi connectivity index (χ0n) is 19.0. The molecule has 0 aliphatic rings. The summed E-state index contributed by atoms with van der Waals surface area (Å²) in [7, 11) is -3.95. The molecule has 3 rings (SSSR count). The van der Waals surface area contributed by atoms with Crippen molar-refractivity contribution in [1.82, 2.24) is 10.0 Å². The molecule has 1 atom stereocenters. The van der Waals surface area contributed by atoms with Gasteiger partial charge in [0.2, 0.25) is 15.9 Å².